The molecule has 1 N–H and O–H groups in total. The molecule has 0 fully saturated rings. The minimum absolute atomic E-state index is 0.153. The number of halogens is 1. The fourth-order valence-electron chi connectivity index (χ4n) is 1.93. The molecule has 0 bridgehead atoms. The molecule has 0 saturated heterocycles. The molecule has 0 aliphatic heterocycles. The summed E-state index contributed by atoms with van der Waals surface area (Å²) in [6, 6.07) is 5.63. The van der Waals surface area contributed by atoms with Crippen molar-refractivity contribution in [2.75, 3.05) is 7.05 Å². The number of benzene rings is 1. The molecule has 0 amide bonds. The Balaban J connectivity index is 2.33. The first kappa shape index (κ1) is 11.1. The number of rotatable bonds is 4. The summed E-state index contributed by atoms with van der Waals surface area (Å²) in [6.07, 6.45) is 3.21. The second-order valence-electron chi connectivity index (χ2n) is 3.97. The van der Waals surface area contributed by atoms with Crippen molar-refractivity contribution in [3.63, 3.8) is 0 Å². The van der Waals surface area contributed by atoms with Gasteiger partial charge in [0.1, 0.15) is 11.4 Å². The Morgan fingerprint density at radius 1 is 1.38 bits per heavy atom. The number of likely N-dealkylation sites (N-methyl/N-ethyl adjacent to an activating group) is 1. The van der Waals surface area contributed by atoms with E-state index in [0.717, 1.165) is 12.0 Å². The fourth-order valence-corrected chi connectivity index (χ4v) is 1.93. The zero-order valence-electron chi connectivity index (χ0n) is 9.59. The molecule has 16 heavy (non-hydrogen) atoms. The van der Waals surface area contributed by atoms with Crippen molar-refractivity contribution in [1.29, 1.82) is 0 Å². The van der Waals surface area contributed by atoms with E-state index in [1.54, 1.807) is 12.1 Å². The van der Waals surface area contributed by atoms with Crippen LogP contribution >= 0.6 is 0 Å². The van der Waals surface area contributed by atoms with E-state index in [2.05, 4.69) is 12.2 Å². The van der Waals surface area contributed by atoms with E-state index in [0.29, 0.717) is 23.4 Å². The molecule has 0 saturated carbocycles. The predicted molar refractivity (Wildman–Crippen MR) is 63.0 cm³/mol. The van der Waals surface area contributed by atoms with Gasteiger partial charge in [-0.3, -0.25) is 0 Å². The van der Waals surface area contributed by atoms with Gasteiger partial charge in [-0.15, -0.1) is 0 Å². The first-order valence-electron chi connectivity index (χ1n) is 5.58. The van der Waals surface area contributed by atoms with Crippen LogP contribution in [0.15, 0.2) is 28.9 Å². The lowest BCUT2D eigenvalue weighted by Gasteiger charge is -2.14. The van der Waals surface area contributed by atoms with Crippen LogP contribution in [0.25, 0.3) is 11.0 Å². The zero-order valence-corrected chi connectivity index (χ0v) is 9.59. The van der Waals surface area contributed by atoms with E-state index >= 15 is 0 Å². The smallest absolute Gasteiger partial charge is 0.137 e. The van der Waals surface area contributed by atoms with E-state index in [-0.39, 0.29) is 5.82 Å². The van der Waals surface area contributed by atoms with Crippen molar-refractivity contribution in [3.8, 4) is 0 Å². The highest BCUT2D eigenvalue weighted by atomic mass is 19.1. The minimum Gasteiger partial charge on any atom is -0.464 e. The Morgan fingerprint density at radius 3 is 2.88 bits per heavy atom. The maximum absolute atomic E-state index is 14.0. The van der Waals surface area contributed by atoms with Crippen molar-refractivity contribution in [1.82, 2.24) is 5.32 Å². The van der Waals surface area contributed by atoms with Gasteiger partial charge in [-0.05, 0) is 37.6 Å². The quantitative estimate of drug-likeness (QED) is 0.858. The lowest BCUT2D eigenvalue weighted by atomic mass is 10.0. The summed E-state index contributed by atoms with van der Waals surface area (Å²) in [5, 5.41) is 3.75. The minimum atomic E-state index is -0.153. The second kappa shape index (κ2) is 4.66. The molecule has 2 rings (SSSR count). The van der Waals surface area contributed by atoms with Crippen LogP contribution in [0.4, 0.5) is 4.39 Å². The number of nitrogens with one attached hydrogen (secondary N) is 1. The molecule has 2 nitrogen and oxygen atoms in total. The molecule has 1 atom stereocenters. The number of fused-ring (bicyclic) bond motifs is 1. The largest absolute Gasteiger partial charge is 0.464 e. The van der Waals surface area contributed by atoms with Gasteiger partial charge in [-0.2, -0.15) is 0 Å². The van der Waals surface area contributed by atoms with Gasteiger partial charge in [-0.25, -0.2) is 4.39 Å². The number of furan rings is 1. The average molecular weight is 221 g/mol. The van der Waals surface area contributed by atoms with Gasteiger partial charge in [0.15, 0.2) is 0 Å². The highest BCUT2D eigenvalue weighted by molar-refractivity contribution is 5.78. The summed E-state index contributed by atoms with van der Waals surface area (Å²) < 4.78 is 19.2. The third kappa shape index (κ3) is 1.95. The van der Waals surface area contributed by atoms with Gasteiger partial charge in [0.2, 0.25) is 0 Å². The van der Waals surface area contributed by atoms with Crippen LogP contribution in [0.2, 0.25) is 0 Å². The zero-order chi connectivity index (χ0) is 11.5. The monoisotopic (exact) mass is 221 g/mol. The molecule has 1 aromatic carbocycles. The molecule has 0 aliphatic rings. The van der Waals surface area contributed by atoms with Crippen molar-refractivity contribution < 1.29 is 8.81 Å². The van der Waals surface area contributed by atoms with Crippen LogP contribution < -0.4 is 5.32 Å². The van der Waals surface area contributed by atoms with Crippen molar-refractivity contribution in [2.24, 2.45) is 0 Å². The number of hydrogen-bond donors (Lipinski definition) is 1. The lowest BCUT2D eigenvalue weighted by Crippen LogP contribution is -2.26. The maximum atomic E-state index is 14.0. The van der Waals surface area contributed by atoms with Crippen molar-refractivity contribution in [2.45, 2.75) is 25.8 Å². The summed E-state index contributed by atoms with van der Waals surface area (Å²) in [7, 11) is 1.91. The normalized spacial score (nSPS) is 13.2. The van der Waals surface area contributed by atoms with Crippen molar-refractivity contribution >= 4 is 11.0 Å². The molecule has 0 radical (unpaired) electrons. The van der Waals surface area contributed by atoms with E-state index in [9.17, 15) is 4.39 Å². The number of hydrogen-bond acceptors (Lipinski definition) is 2. The van der Waals surface area contributed by atoms with Gasteiger partial charge < -0.3 is 9.73 Å². The van der Waals surface area contributed by atoms with Gasteiger partial charge in [-0.1, -0.05) is 13.0 Å². The molecule has 86 valence electrons. The molecular formula is C13H16FNO. The topological polar surface area (TPSA) is 25.2 Å². The first-order valence-corrected chi connectivity index (χ1v) is 5.58. The molecule has 0 unspecified atom stereocenters. The molecular weight excluding hydrogens is 205 g/mol. The summed E-state index contributed by atoms with van der Waals surface area (Å²) >= 11 is 0. The van der Waals surface area contributed by atoms with Crippen LogP contribution in [-0.4, -0.2) is 13.1 Å². The Kier molecular flexibility index (Phi) is 3.25. The molecule has 0 spiro atoms. The molecule has 3 heteroatoms. The highest BCUT2D eigenvalue weighted by Gasteiger charge is 2.12. The van der Waals surface area contributed by atoms with Crippen molar-refractivity contribution in [3.05, 3.63) is 35.8 Å². The Morgan fingerprint density at radius 2 is 2.19 bits per heavy atom. The van der Waals surface area contributed by atoms with E-state index in [4.69, 9.17) is 4.42 Å². The predicted octanol–water partition coefficient (Wildman–Crippen LogP) is 3.11. The summed E-state index contributed by atoms with van der Waals surface area (Å²) in [5.74, 6) is -0.153. The second-order valence-corrected chi connectivity index (χ2v) is 3.97. The standard InChI is InChI=1S/C13H16FNO/c1-3-10(15-2)8-9-4-5-12-11(13(9)14)6-7-16-12/h4-7,10,15H,3,8H2,1-2H3/t10-/m0/s1. The van der Waals surface area contributed by atoms with Gasteiger partial charge in [0.05, 0.1) is 11.6 Å². The molecule has 1 heterocycles. The van der Waals surface area contributed by atoms with Crippen LogP contribution in [0.3, 0.4) is 0 Å². The third-order valence-electron chi connectivity index (χ3n) is 3.02. The summed E-state index contributed by atoms with van der Waals surface area (Å²) in [4.78, 5) is 0. The Hall–Kier alpha value is -1.35. The van der Waals surface area contributed by atoms with E-state index in [1.807, 2.05) is 13.1 Å². The van der Waals surface area contributed by atoms with Gasteiger partial charge in [0, 0.05) is 6.04 Å². The average Bonchev–Trinajstić information content (AvgIpc) is 2.77. The molecule has 2 aromatic rings. The summed E-state index contributed by atoms with van der Waals surface area (Å²) in [5.41, 5.74) is 1.36. The van der Waals surface area contributed by atoms with E-state index < -0.39 is 0 Å². The van der Waals surface area contributed by atoms with Crippen LogP contribution in [-0.2, 0) is 6.42 Å². The van der Waals surface area contributed by atoms with Crippen LogP contribution in [0.5, 0.6) is 0 Å². The van der Waals surface area contributed by atoms with Gasteiger partial charge >= 0.3 is 0 Å². The highest BCUT2D eigenvalue weighted by Crippen LogP contribution is 2.23. The van der Waals surface area contributed by atoms with E-state index in [1.165, 1.54) is 6.26 Å². The fraction of sp³-hybridized carbons (Fsp3) is 0.385. The van der Waals surface area contributed by atoms with Crippen LogP contribution in [0, 0.1) is 5.82 Å². The Labute approximate surface area is 94.4 Å². The lowest BCUT2D eigenvalue weighted by molar-refractivity contribution is 0.524. The summed E-state index contributed by atoms with van der Waals surface area (Å²) in [6.45, 7) is 2.09. The van der Waals surface area contributed by atoms with Crippen LogP contribution in [0.1, 0.15) is 18.9 Å². The molecule has 1 aromatic heterocycles. The maximum Gasteiger partial charge on any atom is 0.137 e. The Bertz CT molecular complexity index is 474. The first-order chi connectivity index (χ1) is 7.76. The third-order valence-corrected chi connectivity index (χ3v) is 3.02. The van der Waals surface area contributed by atoms with Gasteiger partial charge in [0.25, 0.3) is 0 Å². The molecule has 0 aliphatic carbocycles. The SMILES string of the molecule is CC[C@@H](Cc1ccc2occc2c1F)NC.